The lowest BCUT2D eigenvalue weighted by atomic mass is 10.5. The van der Waals surface area contributed by atoms with Gasteiger partial charge in [0, 0.05) is 25.3 Å². The Morgan fingerprint density at radius 3 is 2.14 bits per heavy atom. The fourth-order valence-electron chi connectivity index (χ4n) is 0.0976. The predicted molar refractivity (Wildman–Crippen MR) is 33.0 cm³/mol. The van der Waals surface area contributed by atoms with E-state index in [1.54, 1.807) is 0 Å². The number of allylic oxidation sites excluding steroid dienone is 1. The second-order valence-electron chi connectivity index (χ2n) is 1.49. The third kappa shape index (κ3) is 2.52. The Labute approximate surface area is 49.6 Å². The van der Waals surface area contributed by atoms with E-state index in [1.807, 2.05) is 19.0 Å². The van der Waals surface area contributed by atoms with Crippen LogP contribution in [-0.2, 0) is 0 Å². The summed E-state index contributed by atoms with van der Waals surface area (Å²) in [5, 5.41) is 0. The van der Waals surface area contributed by atoms with Crippen LogP contribution in [0.5, 0.6) is 0 Å². The summed E-state index contributed by atoms with van der Waals surface area (Å²) in [6.45, 7) is 3.61. The highest BCUT2D eigenvalue weighted by Gasteiger charge is 1.84. The van der Waals surface area contributed by atoms with E-state index in [1.165, 1.54) is 5.54 Å². The molecule has 0 aliphatic heterocycles. The van der Waals surface area contributed by atoms with Crippen molar-refractivity contribution in [2.24, 2.45) is 0 Å². The minimum atomic E-state index is 0.821. The van der Waals surface area contributed by atoms with Crippen LogP contribution in [0.15, 0.2) is 11.2 Å². The molecule has 0 saturated heterocycles. The van der Waals surface area contributed by atoms with Gasteiger partial charge >= 0.3 is 0 Å². The SMILES string of the molecule is [CH2]/C(=C\Cl)N(C)C. The van der Waals surface area contributed by atoms with E-state index in [0.717, 1.165) is 5.70 Å². The molecule has 0 aliphatic rings. The minimum absolute atomic E-state index is 0.821. The summed E-state index contributed by atoms with van der Waals surface area (Å²) in [5.74, 6) is 0. The van der Waals surface area contributed by atoms with Crippen molar-refractivity contribution in [2.75, 3.05) is 14.1 Å². The maximum atomic E-state index is 5.28. The summed E-state index contributed by atoms with van der Waals surface area (Å²) < 4.78 is 0. The van der Waals surface area contributed by atoms with Gasteiger partial charge in [0.2, 0.25) is 0 Å². The van der Waals surface area contributed by atoms with Crippen LogP contribution >= 0.6 is 11.6 Å². The van der Waals surface area contributed by atoms with E-state index in [4.69, 9.17) is 11.6 Å². The van der Waals surface area contributed by atoms with Gasteiger partial charge in [-0.05, 0) is 6.92 Å². The van der Waals surface area contributed by atoms with Gasteiger partial charge in [0.05, 0.1) is 0 Å². The van der Waals surface area contributed by atoms with Crippen LogP contribution in [0.1, 0.15) is 0 Å². The summed E-state index contributed by atoms with van der Waals surface area (Å²) >= 11 is 5.28. The zero-order valence-electron chi connectivity index (χ0n) is 4.61. The molecule has 1 radical (unpaired) electrons. The number of rotatable bonds is 1. The Hall–Kier alpha value is -0.170. The Morgan fingerprint density at radius 1 is 1.71 bits per heavy atom. The lowest BCUT2D eigenvalue weighted by Gasteiger charge is -2.09. The smallest absolute Gasteiger partial charge is 0.0246 e. The molecule has 0 spiro atoms. The molecule has 1 nitrogen and oxygen atoms in total. The van der Waals surface area contributed by atoms with Gasteiger partial charge in [-0.1, -0.05) is 11.6 Å². The van der Waals surface area contributed by atoms with Crippen molar-refractivity contribution < 1.29 is 0 Å². The average molecular weight is 119 g/mol. The normalized spacial score (nSPS) is 11.7. The van der Waals surface area contributed by atoms with E-state index < -0.39 is 0 Å². The molecule has 0 aromatic heterocycles. The summed E-state index contributed by atoms with van der Waals surface area (Å²) in [7, 11) is 3.78. The lowest BCUT2D eigenvalue weighted by Crippen LogP contribution is -2.06. The number of hydrogen-bond acceptors (Lipinski definition) is 1. The quantitative estimate of drug-likeness (QED) is 0.504. The van der Waals surface area contributed by atoms with Crippen LogP contribution in [0.3, 0.4) is 0 Å². The summed E-state index contributed by atoms with van der Waals surface area (Å²) in [5.41, 5.74) is 2.27. The molecule has 0 aromatic carbocycles. The molecule has 0 bridgehead atoms. The van der Waals surface area contributed by atoms with Crippen molar-refractivity contribution in [3.05, 3.63) is 18.2 Å². The first kappa shape index (κ1) is 6.83. The van der Waals surface area contributed by atoms with Crippen molar-refractivity contribution in [2.45, 2.75) is 0 Å². The molecule has 0 N–H and O–H groups in total. The first-order valence-corrected chi connectivity index (χ1v) is 2.41. The molecule has 0 saturated carbocycles. The highest BCUT2D eigenvalue weighted by Crippen LogP contribution is 1.95. The molecule has 0 amide bonds. The van der Waals surface area contributed by atoms with Crippen molar-refractivity contribution >= 4 is 11.6 Å². The van der Waals surface area contributed by atoms with Crippen molar-refractivity contribution in [1.29, 1.82) is 0 Å². The Morgan fingerprint density at radius 2 is 2.14 bits per heavy atom. The Balaban J connectivity index is 3.56. The maximum Gasteiger partial charge on any atom is 0.0246 e. The zero-order chi connectivity index (χ0) is 5.86. The standard InChI is InChI=1S/C5H9ClN/c1-5(4-6)7(2)3/h4H,1H2,2-3H3/b5-4+. The van der Waals surface area contributed by atoms with Gasteiger partial charge in [-0.3, -0.25) is 0 Å². The molecule has 0 rings (SSSR count). The second kappa shape index (κ2) is 2.92. The summed E-state index contributed by atoms with van der Waals surface area (Å²) in [4.78, 5) is 1.84. The highest BCUT2D eigenvalue weighted by molar-refractivity contribution is 6.25. The van der Waals surface area contributed by atoms with Crippen LogP contribution in [-0.4, -0.2) is 19.0 Å². The van der Waals surface area contributed by atoms with E-state index in [0.29, 0.717) is 0 Å². The van der Waals surface area contributed by atoms with Gasteiger partial charge in [-0.2, -0.15) is 0 Å². The first-order valence-electron chi connectivity index (χ1n) is 1.98. The van der Waals surface area contributed by atoms with Gasteiger partial charge < -0.3 is 4.90 Å². The van der Waals surface area contributed by atoms with E-state index in [-0.39, 0.29) is 0 Å². The topological polar surface area (TPSA) is 3.24 Å². The monoisotopic (exact) mass is 118 g/mol. The molecule has 0 atom stereocenters. The van der Waals surface area contributed by atoms with Gasteiger partial charge in [-0.25, -0.2) is 0 Å². The van der Waals surface area contributed by atoms with Gasteiger partial charge in [0.25, 0.3) is 0 Å². The Bertz CT molecular complexity index is 76.1. The van der Waals surface area contributed by atoms with Crippen molar-refractivity contribution in [3.8, 4) is 0 Å². The molecular formula is C5H9ClN. The van der Waals surface area contributed by atoms with E-state index >= 15 is 0 Å². The van der Waals surface area contributed by atoms with E-state index in [9.17, 15) is 0 Å². The molecular weight excluding hydrogens is 110 g/mol. The average Bonchev–Trinajstić information content (AvgIpc) is 1.65. The largest absolute Gasteiger partial charge is 0.380 e. The fraction of sp³-hybridized carbons (Fsp3) is 0.400. The van der Waals surface area contributed by atoms with Crippen molar-refractivity contribution in [3.63, 3.8) is 0 Å². The summed E-state index contributed by atoms with van der Waals surface area (Å²) in [6.07, 6.45) is 0. The van der Waals surface area contributed by atoms with Crippen LogP contribution < -0.4 is 0 Å². The van der Waals surface area contributed by atoms with Crippen molar-refractivity contribution in [1.82, 2.24) is 4.90 Å². The molecule has 0 aromatic rings. The molecule has 0 unspecified atom stereocenters. The molecule has 41 valence electrons. The van der Waals surface area contributed by atoms with Crippen LogP contribution in [0.2, 0.25) is 0 Å². The molecule has 0 fully saturated rings. The first-order chi connectivity index (χ1) is 3.18. The van der Waals surface area contributed by atoms with E-state index in [2.05, 4.69) is 6.92 Å². The maximum absolute atomic E-state index is 5.28. The van der Waals surface area contributed by atoms with Crippen LogP contribution in [0.4, 0.5) is 0 Å². The van der Waals surface area contributed by atoms with Gasteiger partial charge in [-0.15, -0.1) is 0 Å². The zero-order valence-corrected chi connectivity index (χ0v) is 5.37. The molecule has 0 heterocycles. The minimum Gasteiger partial charge on any atom is -0.380 e. The van der Waals surface area contributed by atoms with Gasteiger partial charge in [0.15, 0.2) is 0 Å². The molecule has 0 aliphatic carbocycles. The second-order valence-corrected chi connectivity index (χ2v) is 1.71. The number of halogens is 1. The Kier molecular flexibility index (Phi) is 2.84. The number of nitrogens with zero attached hydrogens (tertiary/aromatic N) is 1. The summed E-state index contributed by atoms with van der Waals surface area (Å²) in [6, 6.07) is 0. The molecule has 7 heavy (non-hydrogen) atoms. The third-order valence-electron chi connectivity index (χ3n) is 0.700. The number of hydrogen-bond donors (Lipinski definition) is 0. The third-order valence-corrected chi connectivity index (χ3v) is 0.952. The lowest BCUT2D eigenvalue weighted by molar-refractivity contribution is 0.530. The van der Waals surface area contributed by atoms with Gasteiger partial charge in [0.1, 0.15) is 0 Å². The predicted octanol–water partition coefficient (Wildman–Crippen LogP) is 1.46. The van der Waals surface area contributed by atoms with Crippen LogP contribution in [0, 0.1) is 6.92 Å². The highest BCUT2D eigenvalue weighted by atomic mass is 35.5. The fourth-order valence-corrected chi connectivity index (χ4v) is 0.293. The van der Waals surface area contributed by atoms with Crippen LogP contribution in [0.25, 0.3) is 0 Å². The molecule has 2 heteroatoms.